The molecule has 2 aromatic carbocycles. The number of nitrogens with zero attached hydrogens (tertiary/aromatic N) is 1. The third-order valence-corrected chi connectivity index (χ3v) is 9.47. The maximum Gasteiger partial charge on any atom is 0.162 e. The second kappa shape index (κ2) is 12.6. The molecule has 0 radical (unpaired) electrons. The Bertz CT molecular complexity index is 1420. The van der Waals surface area contributed by atoms with Crippen molar-refractivity contribution in [3.63, 3.8) is 0 Å². The highest BCUT2D eigenvalue weighted by Gasteiger charge is 2.49. The fourth-order valence-electron chi connectivity index (χ4n) is 6.88. The Hall–Kier alpha value is -2.90. The van der Waals surface area contributed by atoms with E-state index in [2.05, 4.69) is 48.5 Å². The van der Waals surface area contributed by atoms with Crippen molar-refractivity contribution in [2.45, 2.75) is 79.2 Å². The van der Waals surface area contributed by atoms with Crippen LogP contribution in [0.5, 0.6) is 11.5 Å². The average Bonchev–Trinajstić information content (AvgIpc) is 2.92. The first kappa shape index (κ1) is 31.5. The van der Waals surface area contributed by atoms with Crippen LogP contribution in [0.15, 0.2) is 69.5 Å². The summed E-state index contributed by atoms with van der Waals surface area (Å²) in [6.07, 6.45) is 3.31. The first-order valence-corrected chi connectivity index (χ1v) is 16.2. The van der Waals surface area contributed by atoms with Crippen molar-refractivity contribution in [3.8, 4) is 11.5 Å². The first-order chi connectivity index (χ1) is 20.4. The molecular formula is C36H44BrNO5. The van der Waals surface area contributed by atoms with Crippen molar-refractivity contribution < 1.29 is 23.8 Å². The van der Waals surface area contributed by atoms with Gasteiger partial charge in [0.25, 0.3) is 0 Å². The lowest BCUT2D eigenvalue weighted by Crippen LogP contribution is -2.44. The number of ether oxygens (including phenoxy) is 3. The molecule has 2 aromatic rings. The number of carbonyl (C=O) groups is 2. The van der Waals surface area contributed by atoms with E-state index in [4.69, 9.17) is 14.2 Å². The number of Topliss-reactive ketones (excluding diaryl/α,β-unsaturated/α-hetero) is 2. The number of allylic oxidation sites excluding steroid dienone is 4. The van der Waals surface area contributed by atoms with Crippen LogP contribution in [0.2, 0.25) is 0 Å². The molecule has 1 heterocycles. The molecule has 0 saturated heterocycles. The van der Waals surface area contributed by atoms with Crippen molar-refractivity contribution in [2.75, 3.05) is 26.9 Å². The summed E-state index contributed by atoms with van der Waals surface area (Å²) >= 11 is 3.60. The molecule has 7 heteroatoms. The lowest BCUT2D eigenvalue weighted by molar-refractivity contribution is -0.119. The van der Waals surface area contributed by atoms with Crippen LogP contribution < -0.4 is 9.47 Å². The largest absolute Gasteiger partial charge is 0.490 e. The molecule has 0 aromatic heterocycles. The molecule has 0 atom stereocenters. The van der Waals surface area contributed by atoms with Crippen LogP contribution >= 0.6 is 15.9 Å². The molecule has 0 bridgehead atoms. The number of hydrogen-bond acceptors (Lipinski definition) is 6. The van der Waals surface area contributed by atoms with Gasteiger partial charge in [0.05, 0.1) is 6.61 Å². The van der Waals surface area contributed by atoms with Gasteiger partial charge in [0.1, 0.15) is 6.61 Å². The molecule has 0 unspecified atom stereocenters. The summed E-state index contributed by atoms with van der Waals surface area (Å²) in [5.74, 6) is 1.08. The summed E-state index contributed by atoms with van der Waals surface area (Å²) in [5.41, 5.74) is 5.29. The van der Waals surface area contributed by atoms with Crippen LogP contribution in [-0.2, 0) is 20.9 Å². The number of hydrogen-bond donors (Lipinski definition) is 0. The van der Waals surface area contributed by atoms with E-state index in [9.17, 15) is 9.59 Å². The van der Waals surface area contributed by atoms with E-state index in [0.29, 0.717) is 44.2 Å². The van der Waals surface area contributed by atoms with Crippen molar-refractivity contribution in [2.24, 2.45) is 10.8 Å². The number of methoxy groups -OCH3 is 1. The van der Waals surface area contributed by atoms with Gasteiger partial charge < -0.3 is 19.1 Å². The Morgan fingerprint density at radius 2 is 1.49 bits per heavy atom. The van der Waals surface area contributed by atoms with Crippen molar-refractivity contribution in [1.82, 2.24) is 4.90 Å². The lowest BCUT2D eigenvalue weighted by atomic mass is 9.63. The van der Waals surface area contributed by atoms with Gasteiger partial charge in [-0.15, -0.1) is 0 Å². The third-order valence-electron chi connectivity index (χ3n) is 8.69. The fraction of sp³-hybridized carbons (Fsp3) is 0.500. The third kappa shape index (κ3) is 6.63. The first-order valence-electron chi connectivity index (χ1n) is 15.4. The number of rotatable bonds is 10. The molecule has 0 fully saturated rings. The number of halogens is 1. The predicted octanol–water partition coefficient (Wildman–Crippen LogP) is 8.15. The number of benzene rings is 2. The van der Waals surface area contributed by atoms with Gasteiger partial charge in [0, 0.05) is 71.6 Å². The molecule has 6 nitrogen and oxygen atoms in total. The minimum Gasteiger partial charge on any atom is -0.490 e. The summed E-state index contributed by atoms with van der Waals surface area (Å²) < 4.78 is 18.7. The van der Waals surface area contributed by atoms with E-state index in [-0.39, 0.29) is 22.4 Å². The summed E-state index contributed by atoms with van der Waals surface area (Å²) in [6.45, 7) is 12.8. The zero-order valence-corrected chi connectivity index (χ0v) is 27.9. The SMILES string of the molecule is CCOc1cc(C2C3=C(CC(C)(C)CC3=O)N(CCCOC)C3=C2C(=O)CC(C)(C)C3)ccc1OCc1ccccc1Br. The lowest BCUT2D eigenvalue weighted by Gasteiger charge is -2.49. The van der Waals surface area contributed by atoms with Crippen LogP contribution in [0, 0.1) is 10.8 Å². The highest BCUT2D eigenvalue weighted by Crippen LogP contribution is 2.55. The second-order valence-corrected chi connectivity index (χ2v) is 14.4. The molecule has 5 rings (SSSR count). The molecule has 230 valence electrons. The Morgan fingerprint density at radius 1 is 0.860 bits per heavy atom. The minimum atomic E-state index is -0.424. The van der Waals surface area contributed by atoms with Crippen LogP contribution in [0.3, 0.4) is 0 Å². The molecule has 0 N–H and O–H groups in total. The fourth-order valence-corrected chi connectivity index (χ4v) is 7.28. The van der Waals surface area contributed by atoms with Gasteiger partial charge in [0.15, 0.2) is 23.1 Å². The molecule has 0 saturated carbocycles. The van der Waals surface area contributed by atoms with Crippen LogP contribution in [0.4, 0.5) is 0 Å². The maximum absolute atomic E-state index is 14.1. The predicted molar refractivity (Wildman–Crippen MR) is 172 cm³/mol. The molecule has 43 heavy (non-hydrogen) atoms. The average molecular weight is 651 g/mol. The van der Waals surface area contributed by atoms with E-state index in [1.165, 1.54) is 0 Å². The van der Waals surface area contributed by atoms with E-state index < -0.39 is 5.92 Å². The highest BCUT2D eigenvalue weighted by atomic mass is 79.9. The molecule has 0 spiro atoms. The summed E-state index contributed by atoms with van der Waals surface area (Å²) in [5, 5.41) is 0. The standard InChI is InChI=1S/C36H44BrNO5/c1-7-42-31-17-23(13-14-30(31)43-22-24-11-8-9-12-25(24)37)32-33-26(18-35(2,3)20-28(33)39)38(15-10-16-41-6)27-19-36(4,5)21-29(40)34(27)32/h8-9,11-14,17,32H,7,10,15-16,18-22H2,1-6H3. The zero-order chi connectivity index (χ0) is 30.9. The molecule has 1 aliphatic heterocycles. The van der Waals surface area contributed by atoms with Gasteiger partial charge in [-0.1, -0.05) is 67.9 Å². The smallest absolute Gasteiger partial charge is 0.162 e. The Balaban J connectivity index is 1.63. The van der Waals surface area contributed by atoms with Gasteiger partial charge in [-0.25, -0.2) is 0 Å². The van der Waals surface area contributed by atoms with Gasteiger partial charge in [-0.05, 0) is 60.8 Å². The summed E-state index contributed by atoms with van der Waals surface area (Å²) in [7, 11) is 1.71. The van der Waals surface area contributed by atoms with Crippen molar-refractivity contribution in [3.05, 3.63) is 80.6 Å². The van der Waals surface area contributed by atoms with E-state index in [1.807, 2.05) is 49.4 Å². The van der Waals surface area contributed by atoms with Crippen molar-refractivity contribution in [1.29, 1.82) is 0 Å². The normalized spacial score (nSPS) is 19.8. The van der Waals surface area contributed by atoms with Crippen molar-refractivity contribution >= 4 is 27.5 Å². The quantitative estimate of drug-likeness (QED) is 0.242. The molecule has 0 amide bonds. The Morgan fingerprint density at radius 3 is 2.07 bits per heavy atom. The van der Waals surface area contributed by atoms with Crippen LogP contribution in [-0.4, -0.2) is 43.3 Å². The van der Waals surface area contributed by atoms with Gasteiger partial charge in [-0.2, -0.15) is 0 Å². The zero-order valence-electron chi connectivity index (χ0n) is 26.3. The summed E-state index contributed by atoms with van der Waals surface area (Å²) in [4.78, 5) is 30.5. The van der Waals surface area contributed by atoms with Gasteiger partial charge in [0.2, 0.25) is 0 Å². The molecule has 3 aliphatic rings. The number of carbonyl (C=O) groups excluding carboxylic acids is 2. The monoisotopic (exact) mass is 649 g/mol. The molecular weight excluding hydrogens is 606 g/mol. The van der Waals surface area contributed by atoms with Gasteiger partial charge in [-0.3, -0.25) is 9.59 Å². The van der Waals surface area contributed by atoms with E-state index in [1.54, 1.807) is 7.11 Å². The van der Waals surface area contributed by atoms with E-state index >= 15 is 0 Å². The van der Waals surface area contributed by atoms with E-state index in [0.717, 1.165) is 63.9 Å². The summed E-state index contributed by atoms with van der Waals surface area (Å²) in [6, 6.07) is 13.9. The van der Waals surface area contributed by atoms with Gasteiger partial charge >= 0.3 is 0 Å². The Labute approximate surface area is 264 Å². The molecule has 2 aliphatic carbocycles. The topological polar surface area (TPSA) is 65.1 Å². The number of ketones is 2. The minimum absolute atomic E-state index is 0.129. The second-order valence-electron chi connectivity index (χ2n) is 13.6. The maximum atomic E-state index is 14.1. The Kier molecular flexibility index (Phi) is 9.24. The van der Waals surface area contributed by atoms with Crippen LogP contribution in [0.1, 0.15) is 83.8 Å². The van der Waals surface area contributed by atoms with Crippen LogP contribution in [0.25, 0.3) is 0 Å². The highest BCUT2D eigenvalue weighted by molar-refractivity contribution is 9.10.